The van der Waals surface area contributed by atoms with E-state index >= 15 is 0 Å². The number of hydrogen-bond acceptors (Lipinski definition) is 3. The van der Waals surface area contributed by atoms with Gasteiger partial charge in [-0.15, -0.1) is 0 Å². The Hall–Kier alpha value is -1.61. The zero-order valence-corrected chi connectivity index (χ0v) is 9.86. The highest BCUT2D eigenvalue weighted by Crippen LogP contribution is 2.39. The summed E-state index contributed by atoms with van der Waals surface area (Å²) < 4.78 is 5.93. The second-order valence-corrected chi connectivity index (χ2v) is 4.50. The number of aliphatic hydroxyl groups excluding tert-OH is 1. The molecule has 1 aromatic rings. The summed E-state index contributed by atoms with van der Waals surface area (Å²) in [6.07, 6.45) is 9.32. The third kappa shape index (κ3) is 1.67. The van der Waals surface area contributed by atoms with Gasteiger partial charge in [0.05, 0.1) is 12.3 Å². The molecule has 3 rings (SSSR count). The number of pyridine rings is 1. The van der Waals surface area contributed by atoms with Crippen LogP contribution < -0.4 is 4.74 Å². The standard InChI is InChI=1S/C14H15NO2/c1-9-14-12(11(8-16)7-15-9)6-10-4-2-3-5-13(10)17-14/h5-7,16H,2-4,8H2,1H3. The third-order valence-corrected chi connectivity index (χ3v) is 3.33. The van der Waals surface area contributed by atoms with Crippen LogP contribution in [0.4, 0.5) is 0 Å². The van der Waals surface area contributed by atoms with Crippen LogP contribution in [-0.2, 0) is 6.61 Å². The summed E-state index contributed by atoms with van der Waals surface area (Å²) in [5.74, 6) is 1.78. The molecule has 1 aliphatic heterocycles. The first kappa shape index (κ1) is 10.5. The molecular formula is C14H15NO2. The zero-order chi connectivity index (χ0) is 11.8. The minimum Gasteiger partial charge on any atom is -0.455 e. The lowest BCUT2D eigenvalue weighted by Gasteiger charge is -2.25. The number of aryl methyl sites for hydroxylation is 1. The Kier molecular flexibility index (Phi) is 2.48. The molecule has 1 aromatic heterocycles. The molecule has 2 aliphatic rings. The fourth-order valence-electron chi connectivity index (χ4n) is 2.37. The Morgan fingerprint density at radius 1 is 1.47 bits per heavy atom. The molecule has 0 spiro atoms. The van der Waals surface area contributed by atoms with Crippen LogP contribution in [0.15, 0.2) is 23.6 Å². The van der Waals surface area contributed by atoms with Crippen LogP contribution in [0.25, 0.3) is 6.08 Å². The van der Waals surface area contributed by atoms with E-state index in [2.05, 4.69) is 17.1 Å². The maximum atomic E-state index is 9.34. The van der Waals surface area contributed by atoms with Gasteiger partial charge in [-0.3, -0.25) is 4.98 Å². The number of nitrogens with zero attached hydrogens (tertiary/aromatic N) is 1. The molecular weight excluding hydrogens is 214 g/mol. The molecule has 0 saturated heterocycles. The number of rotatable bonds is 1. The van der Waals surface area contributed by atoms with Crippen molar-refractivity contribution in [3.8, 4) is 5.75 Å². The van der Waals surface area contributed by atoms with Crippen molar-refractivity contribution in [2.45, 2.75) is 32.8 Å². The van der Waals surface area contributed by atoms with Gasteiger partial charge in [-0.1, -0.05) is 0 Å². The third-order valence-electron chi connectivity index (χ3n) is 3.33. The van der Waals surface area contributed by atoms with Crippen LogP contribution in [0.2, 0.25) is 0 Å². The minimum absolute atomic E-state index is 0.00179. The van der Waals surface area contributed by atoms with E-state index in [1.165, 1.54) is 12.0 Å². The Morgan fingerprint density at radius 2 is 2.35 bits per heavy atom. The Morgan fingerprint density at radius 3 is 3.18 bits per heavy atom. The zero-order valence-electron chi connectivity index (χ0n) is 9.86. The van der Waals surface area contributed by atoms with Crippen LogP contribution in [0.1, 0.15) is 36.1 Å². The van der Waals surface area contributed by atoms with E-state index in [0.29, 0.717) is 0 Å². The highest BCUT2D eigenvalue weighted by Gasteiger charge is 2.22. The topological polar surface area (TPSA) is 42.4 Å². The number of aliphatic hydroxyl groups is 1. The van der Waals surface area contributed by atoms with Crippen LogP contribution in [-0.4, -0.2) is 10.1 Å². The highest BCUT2D eigenvalue weighted by molar-refractivity contribution is 5.70. The summed E-state index contributed by atoms with van der Waals surface area (Å²) in [4.78, 5) is 4.26. The van der Waals surface area contributed by atoms with E-state index in [1.807, 2.05) is 6.92 Å². The predicted molar refractivity (Wildman–Crippen MR) is 65.4 cm³/mol. The molecule has 3 heteroatoms. The van der Waals surface area contributed by atoms with E-state index in [4.69, 9.17) is 4.74 Å². The average molecular weight is 229 g/mol. The van der Waals surface area contributed by atoms with Crippen LogP contribution >= 0.6 is 0 Å². The van der Waals surface area contributed by atoms with Crippen molar-refractivity contribution in [1.82, 2.24) is 4.98 Å². The number of ether oxygens (including phenoxy) is 1. The predicted octanol–water partition coefficient (Wildman–Crippen LogP) is 2.73. The van der Waals surface area contributed by atoms with Gasteiger partial charge in [0.15, 0.2) is 5.75 Å². The second kappa shape index (κ2) is 4.00. The Balaban J connectivity index is 2.19. The number of hydrogen-bond donors (Lipinski definition) is 1. The molecule has 0 amide bonds. The molecule has 88 valence electrons. The van der Waals surface area contributed by atoms with Gasteiger partial charge in [0, 0.05) is 17.3 Å². The van der Waals surface area contributed by atoms with Crippen molar-refractivity contribution in [3.63, 3.8) is 0 Å². The first-order valence-electron chi connectivity index (χ1n) is 5.98. The van der Waals surface area contributed by atoms with Crippen LogP contribution in [0, 0.1) is 6.92 Å². The minimum atomic E-state index is 0.00179. The van der Waals surface area contributed by atoms with Crippen molar-refractivity contribution in [3.05, 3.63) is 40.4 Å². The molecule has 0 saturated carbocycles. The normalized spacial score (nSPS) is 17.5. The molecule has 0 bridgehead atoms. The molecule has 3 nitrogen and oxygen atoms in total. The maximum absolute atomic E-state index is 9.34. The molecule has 0 unspecified atom stereocenters. The van der Waals surface area contributed by atoms with Gasteiger partial charge >= 0.3 is 0 Å². The van der Waals surface area contributed by atoms with E-state index in [0.717, 1.165) is 41.2 Å². The van der Waals surface area contributed by atoms with Crippen molar-refractivity contribution < 1.29 is 9.84 Å². The first-order chi connectivity index (χ1) is 8.29. The number of aromatic nitrogens is 1. The lowest BCUT2D eigenvalue weighted by Crippen LogP contribution is -2.12. The molecule has 1 N–H and O–H groups in total. The maximum Gasteiger partial charge on any atom is 0.156 e. The van der Waals surface area contributed by atoms with E-state index in [-0.39, 0.29) is 6.61 Å². The number of fused-ring (bicyclic) bond motifs is 2. The molecule has 1 aliphatic carbocycles. The van der Waals surface area contributed by atoms with Crippen molar-refractivity contribution >= 4 is 6.08 Å². The van der Waals surface area contributed by atoms with Crippen molar-refractivity contribution in [2.24, 2.45) is 0 Å². The molecule has 2 heterocycles. The van der Waals surface area contributed by atoms with Crippen molar-refractivity contribution in [1.29, 1.82) is 0 Å². The van der Waals surface area contributed by atoms with Gasteiger partial charge in [-0.25, -0.2) is 0 Å². The fourth-order valence-corrected chi connectivity index (χ4v) is 2.37. The number of allylic oxidation sites excluding steroid dienone is 2. The SMILES string of the molecule is Cc1ncc(CO)c2c1OC1=CCCCC1=C2. The molecule has 0 radical (unpaired) electrons. The molecule has 0 aromatic carbocycles. The summed E-state index contributed by atoms with van der Waals surface area (Å²) in [6, 6.07) is 0. The second-order valence-electron chi connectivity index (χ2n) is 4.50. The lowest BCUT2D eigenvalue weighted by atomic mass is 9.94. The van der Waals surface area contributed by atoms with Crippen LogP contribution in [0.5, 0.6) is 5.75 Å². The quantitative estimate of drug-likeness (QED) is 0.805. The summed E-state index contributed by atoms with van der Waals surface area (Å²) in [5.41, 5.74) is 3.94. The first-order valence-corrected chi connectivity index (χ1v) is 5.98. The summed E-state index contributed by atoms with van der Waals surface area (Å²) >= 11 is 0. The molecule has 0 fully saturated rings. The summed E-state index contributed by atoms with van der Waals surface area (Å²) in [7, 11) is 0. The molecule has 0 atom stereocenters. The largest absolute Gasteiger partial charge is 0.455 e. The van der Waals surface area contributed by atoms with Crippen LogP contribution in [0.3, 0.4) is 0 Å². The smallest absolute Gasteiger partial charge is 0.156 e. The van der Waals surface area contributed by atoms with E-state index < -0.39 is 0 Å². The lowest BCUT2D eigenvalue weighted by molar-refractivity contribution is 0.280. The van der Waals surface area contributed by atoms with E-state index in [9.17, 15) is 5.11 Å². The average Bonchev–Trinajstić information content (AvgIpc) is 2.38. The van der Waals surface area contributed by atoms with Gasteiger partial charge in [-0.05, 0) is 43.9 Å². The Bertz CT molecular complexity index is 529. The van der Waals surface area contributed by atoms with Gasteiger partial charge in [0.1, 0.15) is 5.76 Å². The van der Waals surface area contributed by atoms with Crippen molar-refractivity contribution in [2.75, 3.05) is 0 Å². The van der Waals surface area contributed by atoms with E-state index in [1.54, 1.807) is 6.20 Å². The highest BCUT2D eigenvalue weighted by atomic mass is 16.5. The Labute approximate surface area is 100 Å². The van der Waals surface area contributed by atoms with Gasteiger partial charge in [0.25, 0.3) is 0 Å². The monoisotopic (exact) mass is 229 g/mol. The molecule has 17 heavy (non-hydrogen) atoms. The van der Waals surface area contributed by atoms with Gasteiger partial charge < -0.3 is 9.84 Å². The summed E-state index contributed by atoms with van der Waals surface area (Å²) in [6.45, 7) is 1.93. The van der Waals surface area contributed by atoms with Gasteiger partial charge in [0.2, 0.25) is 0 Å². The van der Waals surface area contributed by atoms with Gasteiger partial charge in [-0.2, -0.15) is 0 Å². The fraction of sp³-hybridized carbons (Fsp3) is 0.357. The summed E-state index contributed by atoms with van der Waals surface area (Å²) in [5, 5.41) is 9.34.